The molecule has 0 aliphatic rings. The van der Waals surface area contributed by atoms with Gasteiger partial charge in [-0.1, -0.05) is 65.2 Å². The van der Waals surface area contributed by atoms with Crippen LogP contribution in [0.4, 0.5) is 0 Å². The molecule has 0 saturated heterocycles. The van der Waals surface area contributed by atoms with E-state index < -0.39 is 0 Å². The summed E-state index contributed by atoms with van der Waals surface area (Å²) in [5.41, 5.74) is 0. The Balaban J connectivity index is 2.91. The molecule has 0 aromatic carbocycles. The van der Waals surface area contributed by atoms with Crippen molar-refractivity contribution in [3.63, 3.8) is 0 Å². The fourth-order valence-electron chi connectivity index (χ4n) is 1.41. The zero-order chi connectivity index (χ0) is 9.94. The lowest BCUT2D eigenvalue weighted by atomic mass is 10.1. The summed E-state index contributed by atoms with van der Waals surface area (Å²) in [6.45, 7) is 6.61. The molecule has 0 heterocycles. The molecular weight excluding hydrogens is 178 g/mol. The zero-order valence-corrected chi connectivity index (χ0v) is 10.2. The highest BCUT2D eigenvalue weighted by Crippen LogP contribution is 2.07. The molecule has 0 fully saturated rings. The van der Waals surface area contributed by atoms with Gasteiger partial charge in [0.25, 0.3) is 0 Å². The average molecular weight is 203 g/mol. The van der Waals surface area contributed by atoms with Gasteiger partial charge in [0.1, 0.15) is 0 Å². The normalized spacial score (nSPS) is 11.1. The number of hydrogen-bond donors (Lipinski definition) is 1. The first-order chi connectivity index (χ1) is 6.31. The molecule has 0 N–H and O–H groups in total. The van der Waals surface area contributed by atoms with E-state index in [4.69, 9.17) is 0 Å². The predicted molar refractivity (Wildman–Crippen MR) is 64.2 cm³/mol. The Morgan fingerprint density at radius 3 is 1.92 bits per heavy atom. The molecule has 0 amide bonds. The number of thiol groups is 1. The summed E-state index contributed by atoms with van der Waals surface area (Å²) in [5, 5.41) is 0. The second-order valence-corrected chi connectivity index (χ2v) is 4.23. The fraction of sp³-hybridized carbons (Fsp3) is 1.00. The van der Waals surface area contributed by atoms with Crippen molar-refractivity contribution >= 4 is 12.8 Å². The number of nitrogens with zero attached hydrogens (tertiary/aromatic N) is 1. The molecule has 0 aromatic heterocycles. The molecule has 0 spiro atoms. The van der Waals surface area contributed by atoms with E-state index in [9.17, 15) is 0 Å². The van der Waals surface area contributed by atoms with E-state index in [0.717, 1.165) is 13.1 Å². The van der Waals surface area contributed by atoms with Crippen LogP contribution >= 0.6 is 12.8 Å². The van der Waals surface area contributed by atoms with Gasteiger partial charge in [0, 0.05) is 13.1 Å². The third-order valence-corrected chi connectivity index (χ3v) is 2.87. The van der Waals surface area contributed by atoms with Gasteiger partial charge in [-0.05, 0) is 6.42 Å². The van der Waals surface area contributed by atoms with Crippen LogP contribution < -0.4 is 0 Å². The lowest BCUT2D eigenvalue weighted by molar-refractivity contribution is 0.466. The molecular formula is C11H25NS. The highest BCUT2D eigenvalue weighted by molar-refractivity contribution is 7.77. The van der Waals surface area contributed by atoms with Crippen molar-refractivity contribution in [2.24, 2.45) is 0 Å². The molecule has 0 aliphatic heterocycles. The van der Waals surface area contributed by atoms with Crippen LogP contribution in [0.25, 0.3) is 0 Å². The van der Waals surface area contributed by atoms with Crippen LogP contribution in [-0.4, -0.2) is 17.4 Å². The van der Waals surface area contributed by atoms with Gasteiger partial charge in [0.2, 0.25) is 0 Å². The number of rotatable bonds is 9. The summed E-state index contributed by atoms with van der Waals surface area (Å²) in [6, 6.07) is 0. The molecule has 0 bridgehead atoms. The van der Waals surface area contributed by atoms with Crippen LogP contribution in [0.15, 0.2) is 0 Å². The molecule has 13 heavy (non-hydrogen) atoms. The fourth-order valence-corrected chi connectivity index (χ4v) is 1.55. The van der Waals surface area contributed by atoms with Gasteiger partial charge in [-0.3, -0.25) is 4.31 Å². The van der Waals surface area contributed by atoms with Crippen molar-refractivity contribution in [2.75, 3.05) is 13.1 Å². The van der Waals surface area contributed by atoms with Crippen molar-refractivity contribution in [2.45, 2.75) is 58.8 Å². The van der Waals surface area contributed by atoms with Crippen molar-refractivity contribution < 1.29 is 0 Å². The Morgan fingerprint density at radius 2 is 1.38 bits per heavy atom. The summed E-state index contributed by atoms with van der Waals surface area (Å²) in [5.74, 6) is 0. The summed E-state index contributed by atoms with van der Waals surface area (Å²) >= 11 is 4.32. The van der Waals surface area contributed by atoms with Gasteiger partial charge in [-0.2, -0.15) is 0 Å². The van der Waals surface area contributed by atoms with E-state index in [1.807, 2.05) is 0 Å². The Labute approximate surface area is 89.4 Å². The standard InChI is InChI=1S/C11H25NS/c1-3-5-6-7-8-9-10-11-12(13)4-2/h13H,3-11H2,1-2H3. The number of hydrogen-bond acceptors (Lipinski definition) is 2. The van der Waals surface area contributed by atoms with E-state index >= 15 is 0 Å². The second kappa shape index (κ2) is 10.4. The van der Waals surface area contributed by atoms with E-state index in [-0.39, 0.29) is 0 Å². The van der Waals surface area contributed by atoms with E-state index in [0.29, 0.717) is 0 Å². The van der Waals surface area contributed by atoms with Crippen LogP contribution in [0.3, 0.4) is 0 Å². The van der Waals surface area contributed by atoms with E-state index in [1.54, 1.807) is 0 Å². The maximum Gasteiger partial charge on any atom is 0.00868 e. The third-order valence-electron chi connectivity index (χ3n) is 2.38. The smallest absolute Gasteiger partial charge is 0.00868 e. The van der Waals surface area contributed by atoms with E-state index in [2.05, 4.69) is 31.0 Å². The van der Waals surface area contributed by atoms with Gasteiger partial charge in [-0.15, -0.1) is 0 Å². The molecule has 1 nitrogen and oxygen atoms in total. The minimum Gasteiger partial charge on any atom is -0.254 e. The van der Waals surface area contributed by atoms with Gasteiger partial charge in [0.15, 0.2) is 0 Å². The van der Waals surface area contributed by atoms with Crippen LogP contribution in [0, 0.1) is 0 Å². The maximum atomic E-state index is 4.32. The topological polar surface area (TPSA) is 3.24 Å². The third kappa shape index (κ3) is 10.2. The molecule has 0 rings (SSSR count). The molecule has 2 heteroatoms. The molecule has 0 unspecified atom stereocenters. The summed E-state index contributed by atoms with van der Waals surface area (Å²) in [4.78, 5) is 0. The first-order valence-corrected chi connectivity index (χ1v) is 6.15. The van der Waals surface area contributed by atoms with Crippen molar-refractivity contribution in [1.29, 1.82) is 0 Å². The minimum absolute atomic E-state index is 1.05. The van der Waals surface area contributed by atoms with Crippen molar-refractivity contribution in [3.05, 3.63) is 0 Å². The lowest BCUT2D eigenvalue weighted by Crippen LogP contribution is -2.12. The Bertz CT molecular complexity index is 96.1. The SMILES string of the molecule is CCCCCCCCCN(S)CC. The highest BCUT2D eigenvalue weighted by Gasteiger charge is 1.94. The van der Waals surface area contributed by atoms with Gasteiger partial charge in [-0.25, -0.2) is 0 Å². The van der Waals surface area contributed by atoms with Crippen molar-refractivity contribution in [3.8, 4) is 0 Å². The molecule has 0 radical (unpaired) electrons. The highest BCUT2D eigenvalue weighted by atomic mass is 32.1. The molecule has 0 saturated carbocycles. The maximum absolute atomic E-state index is 4.32. The average Bonchev–Trinajstić information content (AvgIpc) is 2.16. The zero-order valence-electron chi connectivity index (χ0n) is 9.26. The summed E-state index contributed by atoms with van der Waals surface area (Å²) in [7, 11) is 0. The molecule has 0 aromatic rings. The monoisotopic (exact) mass is 203 g/mol. The van der Waals surface area contributed by atoms with Gasteiger partial charge >= 0.3 is 0 Å². The predicted octanol–water partition coefficient (Wildman–Crippen LogP) is 3.90. The van der Waals surface area contributed by atoms with E-state index in [1.165, 1.54) is 44.9 Å². The molecule has 0 aliphatic carbocycles. The Morgan fingerprint density at radius 1 is 0.846 bits per heavy atom. The first kappa shape index (κ1) is 13.3. The quantitative estimate of drug-likeness (QED) is 0.439. The Hall–Kier alpha value is 0.310. The van der Waals surface area contributed by atoms with Crippen LogP contribution in [0.5, 0.6) is 0 Å². The first-order valence-electron chi connectivity index (χ1n) is 5.75. The van der Waals surface area contributed by atoms with Crippen LogP contribution in [-0.2, 0) is 0 Å². The second-order valence-electron chi connectivity index (χ2n) is 3.67. The number of unbranched alkanes of at least 4 members (excludes halogenated alkanes) is 6. The largest absolute Gasteiger partial charge is 0.254 e. The summed E-state index contributed by atoms with van der Waals surface area (Å²) in [6.07, 6.45) is 9.70. The minimum atomic E-state index is 1.05. The Kier molecular flexibility index (Phi) is 10.6. The van der Waals surface area contributed by atoms with Gasteiger partial charge in [0.05, 0.1) is 0 Å². The van der Waals surface area contributed by atoms with Gasteiger partial charge < -0.3 is 0 Å². The van der Waals surface area contributed by atoms with Crippen molar-refractivity contribution in [1.82, 2.24) is 4.31 Å². The summed E-state index contributed by atoms with van der Waals surface area (Å²) < 4.78 is 2.09. The van der Waals surface area contributed by atoms with Crippen LogP contribution in [0.1, 0.15) is 58.8 Å². The lowest BCUT2D eigenvalue weighted by Gasteiger charge is -2.11. The van der Waals surface area contributed by atoms with Crippen LogP contribution in [0.2, 0.25) is 0 Å². The molecule has 80 valence electrons. The molecule has 0 atom stereocenters.